The van der Waals surface area contributed by atoms with Crippen molar-refractivity contribution in [1.29, 1.82) is 5.41 Å². The lowest BCUT2D eigenvalue weighted by Crippen LogP contribution is -2.21. The van der Waals surface area contributed by atoms with Crippen molar-refractivity contribution in [3.8, 4) is 5.75 Å². The van der Waals surface area contributed by atoms with Crippen molar-refractivity contribution < 1.29 is 14.3 Å². The van der Waals surface area contributed by atoms with Crippen LogP contribution in [0.25, 0.3) is 16.8 Å². The molecule has 0 spiro atoms. The summed E-state index contributed by atoms with van der Waals surface area (Å²) in [5, 5.41) is 9.03. The predicted octanol–water partition coefficient (Wildman–Crippen LogP) is 2.59. The van der Waals surface area contributed by atoms with E-state index in [2.05, 4.69) is 4.99 Å². The quantitative estimate of drug-likeness (QED) is 0.116. The average molecular weight is 489 g/mol. The van der Waals surface area contributed by atoms with Crippen LogP contribution >= 0.6 is 24.8 Å². The Bertz CT molecular complexity index is 1250. The molecule has 9 N–H and O–H groups in total. The number of fused-ring (bicyclic) bond motifs is 1. The number of carbonyl (C=O) groups is 2. The molecule has 0 heterocycles. The first kappa shape index (κ1) is 27.0. The van der Waals surface area contributed by atoms with Gasteiger partial charge in [0.25, 0.3) is 0 Å². The molecular formula is C22H22Cl2N6O3. The summed E-state index contributed by atoms with van der Waals surface area (Å²) in [4.78, 5) is 27.8. The Hall–Kier alpha value is -4.08. The minimum absolute atomic E-state index is 0. The number of ether oxygens (including phenoxy) is 1. The number of esters is 1. The maximum Gasteiger partial charge on any atom is 0.343 e. The van der Waals surface area contributed by atoms with Crippen molar-refractivity contribution in [1.82, 2.24) is 0 Å². The highest BCUT2D eigenvalue weighted by atomic mass is 35.5. The number of nitrogen functional groups attached to an aromatic ring is 1. The molecule has 172 valence electrons. The van der Waals surface area contributed by atoms with Crippen molar-refractivity contribution >= 4 is 71.0 Å². The number of carbonyl (C=O) groups excluding carboxylic acids is 2. The molecule has 3 aromatic rings. The molecule has 0 aliphatic rings. The molecular weight excluding hydrogens is 467 g/mol. The Balaban J connectivity index is 0.00000272. The van der Waals surface area contributed by atoms with Gasteiger partial charge in [-0.1, -0.05) is 18.2 Å². The number of amidine groups is 1. The summed E-state index contributed by atoms with van der Waals surface area (Å²) in [7, 11) is 0. The van der Waals surface area contributed by atoms with Crippen molar-refractivity contribution in [3.63, 3.8) is 0 Å². The Morgan fingerprint density at radius 2 is 1.52 bits per heavy atom. The zero-order valence-electron chi connectivity index (χ0n) is 17.1. The number of hydrogen-bond donors (Lipinski definition) is 5. The molecule has 0 bridgehead atoms. The highest BCUT2D eigenvalue weighted by Crippen LogP contribution is 2.31. The number of nitrogens with zero attached hydrogens (tertiary/aromatic N) is 1. The van der Waals surface area contributed by atoms with Gasteiger partial charge in [-0.2, -0.15) is 0 Å². The topological polar surface area (TPSA) is 184 Å². The third-order valence-electron chi connectivity index (χ3n) is 4.31. The summed E-state index contributed by atoms with van der Waals surface area (Å²) in [6.45, 7) is 0. The summed E-state index contributed by atoms with van der Waals surface area (Å²) < 4.78 is 5.58. The van der Waals surface area contributed by atoms with Crippen LogP contribution in [0.4, 0.5) is 5.69 Å². The zero-order chi connectivity index (χ0) is 22.5. The first-order valence-electron chi connectivity index (χ1n) is 9.05. The Morgan fingerprint density at radius 1 is 0.879 bits per heavy atom. The van der Waals surface area contributed by atoms with Gasteiger partial charge >= 0.3 is 5.97 Å². The zero-order valence-corrected chi connectivity index (χ0v) is 18.8. The van der Waals surface area contributed by atoms with Gasteiger partial charge in [0.2, 0.25) is 5.91 Å². The molecule has 0 saturated carbocycles. The van der Waals surface area contributed by atoms with E-state index in [1.54, 1.807) is 42.5 Å². The van der Waals surface area contributed by atoms with Crippen LogP contribution in [0.5, 0.6) is 5.75 Å². The second-order valence-electron chi connectivity index (χ2n) is 6.54. The van der Waals surface area contributed by atoms with E-state index in [0.29, 0.717) is 22.2 Å². The highest BCUT2D eigenvalue weighted by molar-refractivity contribution is 6.03. The van der Waals surface area contributed by atoms with Crippen molar-refractivity contribution in [3.05, 3.63) is 77.4 Å². The van der Waals surface area contributed by atoms with E-state index >= 15 is 0 Å². The van der Waals surface area contributed by atoms with Crippen LogP contribution in [-0.2, 0) is 4.79 Å². The minimum atomic E-state index is -0.648. The van der Waals surface area contributed by atoms with Gasteiger partial charge in [-0.05, 0) is 53.2 Å². The monoisotopic (exact) mass is 488 g/mol. The number of hydrogen-bond acceptors (Lipinski definition) is 5. The van der Waals surface area contributed by atoms with Crippen LogP contribution in [0.3, 0.4) is 0 Å². The highest BCUT2D eigenvalue weighted by Gasteiger charge is 2.14. The van der Waals surface area contributed by atoms with Gasteiger partial charge in [0, 0.05) is 17.2 Å². The average Bonchev–Trinajstić information content (AvgIpc) is 2.72. The lowest BCUT2D eigenvalue weighted by Gasteiger charge is -2.12. The maximum absolute atomic E-state index is 12.6. The number of amides is 1. The molecule has 9 nitrogen and oxygen atoms in total. The molecule has 0 fully saturated rings. The van der Waals surface area contributed by atoms with Crippen LogP contribution in [0.1, 0.15) is 21.5 Å². The van der Waals surface area contributed by atoms with Crippen LogP contribution < -0.4 is 27.7 Å². The number of benzene rings is 3. The second-order valence-corrected chi connectivity index (χ2v) is 6.54. The van der Waals surface area contributed by atoms with E-state index in [1.165, 1.54) is 24.3 Å². The number of halogens is 2. The fraction of sp³-hybridized carbons (Fsp3) is 0. The fourth-order valence-electron chi connectivity index (χ4n) is 2.91. The third kappa shape index (κ3) is 6.70. The first-order valence-corrected chi connectivity index (χ1v) is 9.05. The maximum atomic E-state index is 12.6. The van der Waals surface area contributed by atoms with Gasteiger partial charge in [0.1, 0.15) is 11.6 Å². The molecule has 3 aromatic carbocycles. The van der Waals surface area contributed by atoms with E-state index < -0.39 is 11.9 Å². The summed E-state index contributed by atoms with van der Waals surface area (Å²) >= 11 is 0. The standard InChI is InChI=1S/C22H20N6O3.2ClH/c23-19(29)10-8-17-16-7-3-14(20(24)25)11-13(16)4-9-18(17)31-21(30)12-1-5-15(6-2-12)28-22(26)27;;/h1-11H,(H2,23,29)(H3,24,25)(H4,26,27,28);2*1H. The van der Waals surface area contributed by atoms with E-state index in [0.717, 1.165) is 5.39 Å². The van der Waals surface area contributed by atoms with Crippen LogP contribution in [0, 0.1) is 5.41 Å². The smallest absolute Gasteiger partial charge is 0.343 e. The van der Waals surface area contributed by atoms with Gasteiger partial charge in [-0.15, -0.1) is 24.8 Å². The number of guanidine groups is 1. The molecule has 11 heteroatoms. The Labute approximate surface area is 201 Å². The summed E-state index contributed by atoms with van der Waals surface area (Å²) in [6.07, 6.45) is 2.65. The SMILES string of the molecule is Cl.Cl.N=C(N)c1ccc2c(C=CC(N)=O)c(OC(=O)c3ccc(N=C(N)N)cc3)ccc2c1. The first-order chi connectivity index (χ1) is 14.7. The van der Waals surface area contributed by atoms with Crippen LogP contribution in [0.15, 0.2) is 65.7 Å². The van der Waals surface area contributed by atoms with Gasteiger partial charge in [-0.3, -0.25) is 10.2 Å². The molecule has 0 aliphatic heterocycles. The van der Waals surface area contributed by atoms with Crippen LogP contribution in [0.2, 0.25) is 0 Å². The molecule has 3 rings (SSSR count). The molecule has 0 saturated heterocycles. The van der Waals surface area contributed by atoms with E-state index in [4.69, 9.17) is 33.1 Å². The van der Waals surface area contributed by atoms with Gasteiger partial charge in [0.05, 0.1) is 11.3 Å². The van der Waals surface area contributed by atoms with Crippen molar-refractivity contribution in [2.24, 2.45) is 27.9 Å². The molecule has 33 heavy (non-hydrogen) atoms. The van der Waals surface area contributed by atoms with E-state index in [9.17, 15) is 9.59 Å². The lowest BCUT2D eigenvalue weighted by molar-refractivity contribution is -0.113. The predicted molar refractivity (Wildman–Crippen MR) is 135 cm³/mol. The van der Waals surface area contributed by atoms with Crippen molar-refractivity contribution in [2.75, 3.05) is 0 Å². The number of primary amides is 1. The van der Waals surface area contributed by atoms with Gasteiger partial charge in [-0.25, -0.2) is 9.79 Å². The largest absolute Gasteiger partial charge is 0.422 e. The van der Waals surface area contributed by atoms with Gasteiger partial charge in [0.15, 0.2) is 5.96 Å². The Kier molecular flexibility index (Phi) is 9.40. The molecule has 0 unspecified atom stereocenters. The van der Waals surface area contributed by atoms with Crippen LogP contribution in [-0.4, -0.2) is 23.7 Å². The second kappa shape index (κ2) is 11.5. The van der Waals surface area contributed by atoms with E-state index in [-0.39, 0.29) is 47.9 Å². The minimum Gasteiger partial charge on any atom is -0.422 e. The molecule has 0 aliphatic carbocycles. The van der Waals surface area contributed by atoms with Crippen molar-refractivity contribution in [2.45, 2.75) is 0 Å². The van der Waals surface area contributed by atoms with E-state index in [1.807, 2.05) is 0 Å². The summed E-state index contributed by atoms with van der Waals surface area (Å²) in [5.41, 5.74) is 23.3. The lowest BCUT2D eigenvalue weighted by atomic mass is 10.00. The molecule has 0 radical (unpaired) electrons. The number of nitrogens with two attached hydrogens (primary N) is 4. The molecule has 0 aromatic heterocycles. The molecule has 0 atom stereocenters. The summed E-state index contributed by atoms with van der Waals surface area (Å²) in [5.74, 6) is -1.19. The normalized spacial score (nSPS) is 10.1. The van der Waals surface area contributed by atoms with Gasteiger partial charge < -0.3 is 27.7 Å². The number of rotatable bonds is 6. The number of nitrogens with one attached hydrogen (secondary N) is 1. The summed E-state index contributed by atoms with van der Waals surface area (Å²) in [6, 6.07) is 14.7. The number of aliphatic imine (C=N–C) groups is 1. The third-order valence-corrected chi connectivity index (χ3v) is 4.31. The fourth-order valence-corrected chi connectivity index (χ4v) is 2.91. The molecule has 1 amide bonds. The Morgan fingerprint density at radius 3 is 2.09 bits per heavy atom.